The second-order valence-electron chi connectivity index (χ2n) is 7.34. The molecule has 0 aromatic heterocycles. The van der Waals surface area contributed by atoms with Crippen LogP contribution in [0.3, 0.4) is 0 Å². The fourth-order valence-electron chi connectivity index (χ4n) is 2.93. The topological polar surface area (TPSA) is 71.1 Å². The molecule has 0 atom stereocenters. The molecule has 0 bridgehead atoms. The largest absolute Gasteiger partial charge is 0.491 e. The molecule has 9 heteroatoms. The van der Waals surface area contributed by atoms with Crippen LogP contribution in [0.25, 0.3) is 0 Å². The molecular weight excluding hydrogens is 517 g/mol. The molecule has 1 saturated heterocycles. The van der Waals surface area contributed by atoms with E-state index < -0.39 is 18.9 Å². The van der Waals surface area contributed by atoms with Crippen molar-refractivity contribution in [3.8, 4) is 11.5 Å². The number of likely N-dealkylation sites (N-methyl/N-ethyl adjacent to an activating group) is 1. The predicted octanol–water partition coefficient (Wildman–Crippen LogP) is 2.60. The van der Waals surface area contributed by atoms with Crippen LogP contribution in [0.5, 0.6) is 11.5 Å². The van der Waals surface area contributed by atoms with E-state index in [0.717, 1.165) is 16.1 Å². The van der Waals surface area contributed by atoms with Gasteiger partial charge in [0.05, 0.1) is 6.10 Å². The maximum atomic E-state index is 12.8. The van der Waals surface area contributed by atoms with E-state index in [-0.39, 0.29) is 24.5 Å². The Balaban J connectivity index is 1.70. The number of nitrogens with zero attached hydrogens (tertiary/aromatic N) is 2. The molecule has 2 aliphatic rings. The van der Waals surface area contributed by atoms with Crippen LogP contribution in [0.15, 0.2) is 27.7 Å². The van der Waals surface area contributed by atoms with Gasteiger partial charge in [-0.2, -0.15) is 0 Å². The van der Waals surface area contributed by atoms with Gasteiger partial charge in [0.2, 0.25) is 0 Å². The monoisotopic (exact) mass is 545 g/mol. The van der Waals surface area contributed by atoms with E-state index in [4.69, 9.17) is 9.47 Å². The Kier molecular flexibility index (Phi) is 8.06. The Hall–Kier alpha value is -1.72. The molecule has 0 aliphatic carbocycles. The molecule has 1 fully saturated rings. The molecule has 164 valence electrons. The minimum absolute atomic E-state index is 0.0512. The number of halogens is 1. The summed E-state index contributed by atoms with van der Waals surface area (Å²) in [5.74, 6) is 0.691. The predicted molar refractivity (Wildman–Crippen MR) is 132 cm³/mol. The van der Waals surface area contributed by atoms with E-state index >= 15 is 0 Å². The second kappa shape index (κ2) is 10.5. The summed E-state index contributed by atoms with van der Waals surface area (Å²) in [4.78, 5) is 29.3. The Morgan fingerprint density at radius 2 is 1.90 bits per heavy atom. The highest BCUT2D eigenvalue weighted by molar-refractivity contribution is 14.2. The van der Waals surface area contributed by atoms with Crippen LogP contribution in [-0.4, -0.2) is 75.0 Å². The zero-order valence-electron chi connectivity index (χ0n) is 17.5. The second-order valence-corrected chi connectivity index (χ2v) is 13.0. The first-order chi connectivity index (χ1) is 14.3. The molecule has 1 aromatic rings. The van der Waals surface area contributed by atoms with Gasteiger partial charge in [-0.15, -0.1) is 0 Å². The number of ether oxygens (including phenoxy) is 2. The van der Waals surface area contributed by atoms with Gasteiger partial charge in [0, 0.05) is 37.8 Å². The van der Waals surface area contributed by atoms with E-state index in [1.807, 2.05) is 31.2 Å². The zero-order chi connectivity index (χ0) is 21.7. The molecule has 0 unspecified atom stereocenters. The smallest absolute Gasteiger partial charge is 0.260 e. The number of nitrogens with one attached hydrogen (secondary N) is 1. The molecule has 3 rings (SSSR count). The molecule has 2 heterocycles. The third kappa shape index (κ3) is 6.39. The van der Waals surface area contributed by atoms with Gasteiger partial charge in [0.15, 0.2) is 6.61 Å². The molecule has 7 nitrogen and oxygen atoms in total. The summed E-state index contributed by atoms with van der Waals surface area (Å²) in [5, 5.41) is 4.94. The number of hydrogen-bond donors (Lipinski definition) is 1. The summed E-state index contributed by atoms with van der Waals surface area (Å²) in [6, 6.07) is 5.06. The standard InChI is InChI=1S/C21H28IN3O4S/c1-15(2)29-18-12-16(20(27)23-21-22(3)5-10-30-21)11-17(13-18)28-14-19(26)25-8-6-24(4)7-9-25/h5,10-13,15H,3,6-9,14H2,1-2,4H3,(H,23,27). The quantitative estimate of drug-likeness (QED) is 0.532. The molecular formula is C21H28IN3O4S. The minimum atomic E-state index is -1.62. The van der Waals surface area contributed by atoms with Crippen molar-refractivity contribution in [2.75, 3.05) is 39.8 Å². The summed E-state index contributed by atoms with van der Waals surface area (Å²) in [6.07, 6.45) is -0.0512. The van der Waals surface area contributed by atoms with Crippen molar-refractivity contribution in [1.29, 1.82) is 0 Å². The van der Waals surface area contributed by atoms with Crippen LogP contribution in [0.1, 0.15) is 24.2 Å². The number of benzene rings is 1. The fraction of sp³-hybridized carbons (Fsp3) is 0.429. The van der Waals surface area contributed by atoms with E-state index in [1.165, 1.54) is 11.8 Å². The Bertz CT molecular complexity index is 917. The van der Waals surface area contributed by atoms with Crippen molar-refractivity contribution in [1.82, 2.24) is 15.1 Å². The van der Waals surface area contributed by atoms with Crippen molar-refractivity contribution in [2.24, 2.45) is 0 Å². The highest BCUT2D eigenvalue weighted by atomic mass is 127. The number of piperazine rings is 1. The molecule has 2 aliphatic heterocycles. The zero-order valence-corrected chi connectivity index (χ0v) is 20.5. The highest BCUT2D eigenvalue weighted by Crippen LogP contribution is 2.29. The lowest BCUT2D eigenvalue weighted by Crippen LogP contribution is -2.48. The van der Waals surface area contributed by atoms with E-state index in [9.17, 15) is 9.59 Å². The first kappa shape index (κ1) is 23.0. The molecule has 1 N–H and O–H groups in total. The lowest BCUT2D eigenvalue weighted by atomic mass is 10.2. The van der Waals surface area contributed by atoms with Crippen molar-refractivity contribution in [3.63, 3.8) is 0 Å². The van der Waals surface area contributed by atoms with Crippen LogP contribution in [0.2, 0.25) is 0 Å². The lowest BCUT2D eigenvalue weighted by Gasteiger charge is -2.32. The van der Waals surface area contributed by atoms with Crippen LogP contribution in [0.4, 0.5) is 0 Å². The van der Waals surface area contributed by atoms with Crippen molar-refractivity contribution in [2.45, 2.75) is 20.0 Å². The average Bonchev–Trinajstić information content (AvgIpc) is 3.10. The molecule has 30 heavy (non-hydrogen) atoms. The summed E-state index contributed by atoms with van der Waals surface area (Å²) in [5.41, 5.74) is 0.430. The number of carbonyl (C=O) groups excluding carboxylic acids is 2. The summed E-state index contributed by atoms with van der Waals surface area (Å²) in [6.45, 7) is 6.88. The van der Waals surface area contributed by atoms with E-state index in [1.54, 1.807) is 18.2 Å². The van der Waals surface area contributed by atoms with Gasteiger partial charge >= 0.3 is 0 Å². The Morgan fingerprint density at radius 3 is 2.53 bits per heavy atom. The summed E-state index contributed by atoms with van der Waals surface area (Å²) >= 11 is -0.0975. The van der Waals surface area contributed by atoms with Gasteiger partial charge in [-0.1, -0.05) is 35.1 Å². The van der Waals surface area contributed by atoms with Crippen molar-refractivity contribution >= 4 is 49.9 Å². The fourth-order valence-corrected chi connectivity index (χ4v) is 7.68. The number of hydrogen-bond acceptors (Lipinski definition) is 6. The van der Waals surface area contributed by atoms with Gasteiger partial charge in [-0.25, -0.2) is 0 Å². The maximum Gasteiger partial charge on any atom is 0.260 e. The molecule has 1 aromatic carbocycles. The van der Waals surface area contributed by atoms with Gasteiger partial charge < -0.3 is 24.6 Å². The highest BCUT2D eigenvalue weighted by Gasteiger charge is 2.20. The SMILES string of the molecule is C=I1=C(NC(=O)c2cc(OCC(=O)N3CCN(C)CC3)cc(OC(C)C)c2)SC=C1. The third-order valence-electron chi connectivity index (χ3n) is 4.54. The summed E-state index contributed by atoms with van der Waals surface area (Å²) in [7, 11) is 2.04. The van der Waals surface area contributed by atoms with Crippen LogP contribution >= 0.6 is 30.6 Å². The van der Waals surface area contributed by atoms with Gasteiger partial charge in [0.1, 0.15) is 14.5 Å². The number of rotatable bonds is 7. The third-order valence-corrected chi connectivity index (χ3v) is 10.5. The van der Waals surface area contributed by atoms with Crippen LogP contribution in [-0.2, 0) is 4.79 Å². The van der Waals surface area contributed by atoms with Gasteiger partial charge in [0.25, 0.3) is 11.8 Å². The van der Waals surface area contributed by atoms with Crippen molar-refractivity contribution in [3.05, 3.63) is 33.3 Å². The van der Waals surface area contributed by atoms with Crippen LogP contribution < -0.4 is 14.8 Å². The van der Waals surface area contributed by atoms with Crippen molar-refractivity contribution < 1.29 is 19.1 Å². The van der Waals surface area contributed by atoms with E-state index in [2.05, 4.69) is 18.8 Å². The summed E-state index contributed by atoms with van der Waals surface area (Å²) < 4.78 is 18.7. The Labute approximate surface area is 188 Å². The first-order valence-corrected chi connectivity index (χ1v) is 14.4. The van der Waals surface area contributed by atoms with Crippen LogP contribution in [0, 0.1) is 0 Å². The lowest BCUT2D eigenvalue weighted by molar-refractivity contribution is -0.134. The Morgan fingerprint density at radius 1 is 1.20 bits per heavy atom. The normalized spacial score (nSPS) is 17.5. The molecule has 0 radical (unpaired) electrons. The number of amides is 2. The van der Waals surface area contributed by atoms with Gasteiger partial charge in [-0.05, 0) is 42.5 Å². The number of carbonyl (C=O) groups is 2. The van der Waals surface area contributed by atoms with Gasteiger partial charge in [-0.3, -0.25) is 9.59 Å². The first-order valence-electron chi connectivity index (χ1n) is 9.71. The molecule has 2 amide bonds. The van der Waals surface area contributed by atoms with E-state index in [0.29, 0.717) is 30.2 Å². The minimum Gasteiger partial charge on any atom is -0.491 e. The maximum absolute atomic E-state index is 12.8. The average molecular weight is 545 g/mol. The number of thioether (sulfide) groups is 1. The molecule has 0 saturated carbocycles. The molecule has 0 spiro atoms.